The second kappa shape index (κ2) is 6.55. The Hall–Kier alpha value is -2.34. The Morgan fingerprint density at radius 2 is 1.95 bits per heavy atom. The molecule has 1 aromatic heterocycles. The van der Waals surface area contributed by atoms with Crippen LogP contribution in [0, 0.1) is 18.3 Å². The molecule has 2 aromatic rings. The lowest BCUT2D eigenvalue weighted by Crippen LogP contribution is -2.02. The van der Waals surface area contributed by atoms with Crippen LogP contribution in [-0.4, -0.2) is 11.6 Å². The van der Waals surface area contributed by atoms with Gasteiger partial charge in [-0.05, 0) is 44.0 Å². The Bertz CT molecular complexity index is 573. The SMILES string of the molecule is Cc1ccc(C#N)c(CCCOc2ccccc2)n1. The van der Waals surface area contributed by atoms with Gasteiger partial charge in [0, 0.05) is 5.69 Å². The third kappa shape index (κ3) is 3.82. The first-order chi connectivity index (χ1) is 9.29. The highest BCUT2D eigenvalue weighted by molar-refractivity contribution is 5.34. The van der Waals surface area contributed by atoms with Gasteiger partial charge in [-0.3, -0.25) is 4.98 Å². The summed E-state index contributed by atoms with van der Waals surface area (Å²) in [6, 6.07) is 15.6. The van der Waals surface area contributed by atoms with Crippen molar-refractivity contribution in [3.63, 3.8) is 0 Å². The van der Waals surface area contributed by atoms with Gasteiger partial charge in [0.25, 0.3) is 0 Å². The molecule has 0 aliphatic carbocycles. The minimum absolute atomic E-state index is 0.629. The third-order valence-electron chi connectivity index (χ3n) is 2.80. The van der Waals surface area contributed by atoms with Crippen molar-refractivity contribution in [2.75, 3.05) is 6.61 Å². The molecule has 3 heteroatoms. The monoisotopic (exact) mass is 252 g/mol. The van der Waals surface area contributed by atoms with E-state index in [0.717, 1.165) is 30.0 Å². The summed E-state index contributed by atoms with van der Waals surface area (Å²) in [5, 5.41) is 9.02. The van der Waals surface area contributed by atoms with Crippen molar-refractivity contribution in [3.05, 3.63) is 59.4 Å². The summed E-state index contributed by atoms with van der Waals surface area (Å²) >= 11 is 0. The number of ether oxygens (including phenoxy) is 1. The topological polar surface area (TPSA) is 45.9 Å². The summed E-state index contributed by atoms with van der Waals surface area (Å²) in [5.74, 6) is 0.875. The standard InChI is InChI=1S/C16H16N2O/c1-13-9-10-14(12-17)16(18-13)8-5-11-19-15-6-3-2-4-7-15/h2-4,6-7,9-10H,5,8,11H2,1H3. The number of hydrogen-bond donors (Lipinski definition) is 0. The predicted octanol–water partition coefficient (Wildman–Crippen LogP) is 3.27. The average Bonchev–Trinajstić information content (AvgIpc) is 2.45. The van der Waals surface area contributed by atoms with Gasteiger partial charge in [-0.2, -0.15) is 5.26 Å². The number of aryl methyl sites for hydroxylation is 2. The zero-order valence-electron chi connectivity index (χ0n) is 11.0. The Balaban J connectivity index is 1.86. The van der Waals surface area contributed by atoms with Crippen molar-refractivity contribution in [2.45, 2.75) is 19.8 Å². The molecular formula is C16H16N2O. The van der Waals surface area contributed by atoms with Crippen LogP contribution in [0.2, 0.25) is 0 Å². The van der Waals surface area contributed by atoms with Gasteiger partial charge in [0.1, 0.15) is 11.8 Å². The smallest absolute Gasteiger partial charge is 0.119 e. The van der Waals surface area contributed by atoms with Crippen molar-refractivity contribution in [1.82, 2.24) is 4.98 Å². The molecule has 0 aliphatic rings. The van der Waals surface area contributed by atoms with Gasteiger partial charge >= 0.3 is 0 Å². The van der Waals surface area contributed by atoms with E-state index in [-0.39, 0.29) is 0 Å². The van der Waals surface area contributed by atoms with E-state index < -0.39 is 0 Å². The molecule has 0 atom stereocenters. The minimum Gasteiger partial charge on any atom is -0.494 e. The molecule has 19 heavy (non-hydrogen) atoms. The highest BCUT2D eigenvalue weighted by atomic mass is 16.5. The summed E-state index contributed by atoms with van der Waals surface area (Å²) in [5.41, 5.74) is 2.46. The van der Waals surface area contributed by atoms with Crippen molar-refractivity contribution in [2.24, 2.45) is 0 Å². The van der Waals surface area contributed by atoms with Crippen molar-refractivity contribution in [3.8, 4) is 11.8 Å². The van der Waals surface area contributed by atoms with Crippen LogP contribution in [0.5, 0.6) is 5.75 Å². The van der Waals surface area contributed by atoms with E-state index in [1.165, 1.54) is 0 Å². The first-order valence-corrected chi connectivity index (χ1v) is 6.34. The maximum absolute atomic E-state index is 9.02. The molecule has 0 amide bonds. The fraction of sp³-hybridized carbons (Fsp3) is 0.250. The van der Waals surface area contributed by atoms with Crippen molar-refractivity contribution in [1.29, 1.82) is 5.26 Å². The number of nitriles is 1. The lowest BCUT2D eigenvalue weighted by atomic mass is 10.1. The zero-order chi connectivity index (χ0) is 13.5. The number of hydrogen-bond acceptors (Lipinski definition) is 3. The van der Waals surface area contributed by atoms with E-state index in [2.05, 4.69) is 11.1 Å². The van der Waals surface area contributed by atoms with E-state index in [1.807, 2.05) is 49.4 Å². The lowest BCUT2D eigenvalue weighted by Gasteiger charge is -2.07. The van der Waals surface area contributed by atoms with Gasteiger partial charge in [-0.1, -0.05) is 18.2 Å². The zero-order valence-corrected chi connectivity index (χ0v) is 11.0. The molecule has 0 unspecified atom stereocenters. The lowest BCUT2D eigenvalue weighted by molar-refractivity contribution is 0.310. The summed E-state index contributed by atoms with van der Waals surface area (Å²) < 4.78 is 5.62. The Labute approximate surface area is 113 Å². The maximum Gasteiger partial charge on any atom is 0.119 e. The van der Waals surface area contributed by atoms with Crippen molar-refractivity contribution < 1.29 is 4.74 Å². The second-order valence-electron chi connectivity index (χ2n) is 4.32. The summed E-state index contributed by atoms with van der Waals surface area (Å²) in [7, 11) is 0. The highest BCUT2D eigenvalue weighted by Crippen LogP contribution is 2.11. The molecule has 1 aromatic carbocycles. The highest BCUT2D eigenvalue weighted by Gasteiger charge is 2.04. The molecule has 0 bridgehead atoms. The number of pyridine rings is 1. The van der Waals surface area contributed by atoms with Crippen LogP contribution in [0.1, 0.15) is 23.4 Å². The molecule has 1 heterocycles. The van der Waals surface area contributed by atoms with Gasteiger partial charge < -0.3 is 4.74 Å². The van der Waals surface area contributed by atoms with E-state index in [0.29, 0.717) is 12.2 Å². The fourth-order valence-corrected chi connectivity index (χ4v) is 1.85. The number of para-hydroxylation sites is 1. The number of benzene rings is 1. The second-order valence-corrected chi connectivity index (χ2v) is 4.32. The third-order valence-corrected chi connectivity index (χ3v) is 2.80. The van der Waals surface area contributed by atoms with Gasteiger partial charge in [-0.15, -0.1) is 0 Å². The molecule has 0 saturated heterocycles. The van der Waals surface area contributed by atoms with Crippen LogP contribution in [-0.2, 0) is 6.42 Å². The molecule has 3 nitrogen and oxygen atoms in total. The largest absolute Gasteiger partial charge is 0.494 e. The van der Waals surface area contributed by atoms with Crippen LogP contribution in [0.15, 0.2) is 42.5 Å². The quantitative estimate of drug-likeness (QED) is 0.767. The number of aromatic nitrogens is 1. The maximum atomic E-state index is 9.02. The van der Waals surface area contributed by atoms with E-state index in [9.17, 15) is 0 Å². The van der Waals surface area contributed by atoms with Gasteiger partial charge in [0.15, 0.2) is 0 Å². The number of nitrogens with zero attached hydrogens (tertiary/aromatic N) is 2. The van der Waals surface area contributed by atoms with Crippen LogP contribution in [0.4, 0.5) is 0 Å². The molecule has 2 rings (SSSR count). The molecule has 0 N–H and O–H groups in total. The van der Waals surface area contributed by atoms with Gasteiger partial charge in [0.05, 0.1) is 17.9 Å². The molecule has 0 saturated carbocycles. The summed E-state index contributed by atoms with van der Waals surface area (Å²) in [6.45, 7) is 2.57. The molecule has 0 fully saturated rings. The minimum atomic E-state index is 0.629. The first kappa shape index (κ1) is 13.1. The summed E-state index contributed by atoms with van der Waals surface area (Å²) in [6.07, 6.45) is 1.61. The van der Waals surface area contributed by atoms with Crippen LogP contribution in [0.25, 0.3) is 0 Å². The molecule has 0 radical (unpaired) electrons. The van der Waals surface area contributed by atoms with E-state index in [4.69, 9.17) is 10.00 Å². The summed E-state index contributed by atoms with van der Waals surface area (Å²) in [4.78, 5) is 4.41. The molecular weight excluding hydrogens is 236 g/mol. The molecule has 0 spiro atoms. The average molecular weight is 252 g/mol. The van der Waals surface area contributed by atoms with Gasteiger partial charge in [-0.25, -0.2) is 0 Å². The normalized spacial score (nSPS) is 9.89. The Morgan fingerprint density at radius 1 is 1.16 bits per heavy atom. The Morgan fingerprint density at radius 3 is 2.68 bits per heavy atom. The van der Waals surface area contributed by atoms with Crippen LogP contribution in [0.3, 0.4) is 0 Å². The fourth-order valence-electron chi connectivity index (χ4n) is 1.85. The molecule has 0 aliphatic heterocycles. The Kier molecular flexibility index (Phi) is 4.52. The van der Waals surface area contributed by atoms with Crippen molar-refractivity contribution >= 4 is 0 Å². The van der Waals surface area contributed by atoms with Crippen LogP contribution < -0.4 is 4.74 Å². The van der Waals surface area contributed by atoms with Gasteiger partial charge in [0.2, 0.25) is 0 Å². The first-order valence-electron chi connectivity index (χ1n) is 6.34. The molecule has 96 valence electrons. The van der Waals surface area contributed by atoms with E-state index in [1.54, 1.807) is 0 Å². The van der Waals surface area contributed by atoms with Crippen LogP contribution >= 0.6 is 0 Å². The predicted molar refractivity (Wildman–Crippen MR) is 73.9 cm³/mol. The number of rotatable bonds is 5. The van der Waals surface area contributed by atoms with E-state index >= 15 is 0 Å².